The van der Waals surface area contributed by atoms with E-state index in [4.69, 9.17) is 5.73 Å². The van der Waals surface area contributed by atoms with Crippen molar-refractivity contribution in [3.8, 4) is 0 Å². The highest BCUT2D eigenvalue weighted by atomic mass is 79.9. The van der Waals surface area contributed by atoms with Crippen LogP contribution in [0.25, 0.3) is 0 Å². The first-order valence-electron chi connectivity index (χ1n) is 5.51. The van der Waals surface area contributed by atoms with E-state index in [1.807, 2.05) is 6.07 Å². The fourth-order valence-corrected chi connectivity index (χ4v) is 2.10. The van der Waals surface area contributed by atoms with E-state index in [9.17, 15) is 4.79 Å². The Labute approximate surface area is 111 Å². The number of rotatable bonds is 2. The van der Waals surface area contributed by atoms with E-state index >= 15 is 0 Å². The number of halogens is 1. The van der Waals surface area contributed by atoms with Crippen LogP contribution in [0, 0.1) is 5.41 Å². The lowest BCUT2D eigenvalue weighted by Crippen LogP contribution is -2.34. The zero-order valence-electron chi connectivity index (χ0n) is 10.7. The minimum absolute atomic E-state index is 0.0371. The Bertz CT molecular complexity index is 424. The van der Waals surface area contributed by atoms with Gasteiger partial charge in [0.2, 0.25) is 0 Å². The van der Waals surface area contributed by atoms with Gasteiger partial charge in [0.05, 0.1) is 5.56 Å². The molecule has 0 unspecified atom stereocenters. The predicted octanol–water partition coefficient (Wildman–Crippen LogP) is 3.15. The van der Waals surface area contributed by atoms with E-state index in [2.05, 4.69) is 36.7 Å². The number of hydrogen-bond donors (Lipinski definition) is 1. The number of benzene rings is 1. The van der Waals surface area contributed by atoms with Crippen molar-refractivity contribution in [3.63, 3.8) is 0 Å². The molecule has 0 fully saturated rings. The molecule has 0 aromatic heterocycles. The summed E-state index contributed by atoms with van der Waals surface area (Å²) in [6.07, 6.45) is 0. The van der Waals surface area contributed by atoms with Crippen LogP contribution in [0.1, 0.15) is 31.1 Å². The van der Waals surface area contributed by atoms with E-state index in [0.29, 0.717) is 17.8 Å². The Kier molecular flexibility index (Phi) is 4.20. The molecule has 0 heterocycles. The van der Waals surface area contributed by atoms with Gasteiger partial charge in [-0.3, -0.25) is 4.79 Å². The van der Waals surface area contributed by atoms with Gasteiger partial charge in [0.1, 0.15) is 0 Å². The van der Waals surface area contributed by atoms with Crippen LogP contribution in [-0.2, 0) is 0 Å². The number of carbonyl (C=O) groups excluding carboxylic acids is 1. The van der Waals surface area contributed by atoms with Crippen LogP contribution >= 0.6 is 15.9 Å². The highest BCUT2D eigenvalue weighted by molar-refractivity contribution is 9.10. The summed E-state index contributed by atoms with van der Waals surface area (Å²) in [4.78, 5) is 13.9. The molecule has 1 amide bonds. The molecule has 0 radical (unpaired) electrons. The summed E-state index contributed by atoms with van der Waals surface area (Å²) < 4.78 is 0.880. The average molecular weight is 299 g/mol. The summed E-state index contributed by atoms with van der Waals surface area (Å²) in [5.41, 5.74) is 6.98. The number of hydrogen-bond acceptors (Lipinski definition) is 2. The van der Waals surface area contributed by atoms with Crippen molar-refractivity contribution in [1.29, 1.82) is 0 Å². The number of nitrogens with zero attached hydrogens (tertiary/aromatic N) is 1. The van der Waals surface area contributed by atoms with E-state index in [1.165, 1.54) is 0 Å². The molecule has 1 aromatic carbocycles. The highest BCUT2D eigenvalue weighted by Crippen LogP contribution is 2.21. The predicted molar refractivity (Wildman–Crippen MR) is 75.0 cm³/mol. The van der Waals surface area contributed by atoms with Crippen molar-refractivity contribution in [3.05, 3.63) is 28.2 Å². The molecule has 0 aliphatic carbocycles. The Balaban J connectivity index is 2.89. The lowest BCUT2D eigenvalue weighted by atomic mass is 9.96. The third-order valence-electron chi connectivity index (χ3n) is 2.30. The third-order valence-corrected chi connectivity index (χ3v) is 2.80. The van der Waals surface area contributed by atoms with Crippen molar-refractivity contribution in [2.24, 2.45) is 5.41 Å². The number of nitrogen functional groups attached to an aromatic ring is 1. The number of nitrogens with two attached hydrogens (primary N) is 1. The van der Waals surface area contributed by atoms with Gasteiger partial charge in [-0.15, -0.1) is 0 Å². The molecule has 0 aliphatic rings. The van der Waals surface area contributed by atoms with Crippen molar-refractivity contribution in [2.45, 2.75) is 20.8 Å². The van der Waals surface area contributed by atoms with Crippen LogP contribution in [-0.4, -0.2) is 24.4 Å². The van der Waals surface area contributed by atoms with Gasteiger partial charge in [-0.05, 0) is 23.6 Å². The number of amides is 1. The Morgan fingerprint density at radius 3 is 2.47 bits per heavy atom. The molecule has 0 saturated heterocycles. The largest absolute Gasteiger partial charge is 0.398 e. The minimum Gasteiger partial charge on any atom is -0.398 e. The van der Waals surface area contributed by atoms with Crippen LogP contribution in [0.3, 0.4) is 0 Å². The smallest absolute Gasteiger partial charge is 0.255 e. The molecule has 94 valence electrons. The Morgan fingerprint density at radius 1 is 1.41 bits per heavy atom. The van der Waals surface area contributed by atoms with Crippen LogP contribution in [0.5, 0.6) is 0 Å². The monoisotopic (exact) mass is 298 g/mol. The molecule has 17 heavy (non-hydrogen) atoms. The summed E-state index contributed by atoms with van der Waals surface area (Å²) in [6, 6.07) is 5.33. The molecule has 0 atom stereocenters. The van der Waals surface area contributed by atoms with E-state index in [0.717, 1.165) is 4.47 Å². The van der Waals surface area contributed by atoms with Crippen molar-refractivity contribution >= 4 is 27.5 Å². The number of carbonyl (C=O) groups is 1. The van der Waals surface area contributed by atoms with Crippen LogP contribution in [0.4, 0.5) is 5.69 Å². The molecule has 1 aromatic rings. The van der Waals surface area contributed by atoms with Crippen LogP contribution in [0.2, 0.25) is 0 Å². The second-order valence-electron chi connectivity index (χ2n) is 5.45. The summed E-state index contributed by atoms with van der Waals surface area (Å²) in [7, 11) is 1.80. The van der Waals surface area contributed by atoms with Gasteiger partial charge < -0.3 is 10.6 Å². The van der Waals surface area contributed by atoms with E-state index in [1.54, 1.807) is 24.1 Å². The second kappa shape index (κ2) is 5.08. The molecular formula is C13H19BrN2O. The average Bonchev–Trinajstić information content (AvgIpc) is 2.14. The summed E-state index contributed by atoms with van der Waals surface area (Å²) in [5.74, 6) is -0.0371. The zero-order valence-corrected chi connectivity index (χ0v) is 12.3. The van der Waals surface area contributed by atoms with Gasteiger partial charge in [-0.2, -0.15) is 0 Å². The molecule has 0 bridgehead atoms. The van der Waals surface area contributed by atoms with Crippen molar-refractivity contribution in [2.75, 3.05) is 19.3 Å². The highest BCUT2D eigenvalue weighted by Gasteiger charge is 2.20. The van der Waals surface area contributed by atoms with Gasteiger partial charge in [0.25, 0.3) is 5.91 Å². The first-order chi connectivity index (χ1) is 7.70. The molecule has 2 N–H and O–H groups in total. The van der Waals surface area contributed by atoms with Crippen LogP contribution < -0.4 is 5.73 Å². The fourth-order valence-electron chi connectivity index (χ4n) is 1.72. The topological polar surface area (TPSA) is 46.3 Å². The third kappa shape index (κ3) is 4.04. The molecule has 0 saturated carbocycles. The molecule has 0 aliphatic heterocycles. The van der Waals surface area contributed by atoms with Gasteiger partial charge in [-0.1, -0.05) is 36.7 Å². The lowest BCUT2D eigenvalue weighted by Gasteiger charge is -2.27. The lowest BCUT2D eigenvalue weighted by molar-refractivity contribution is 0.0746. The van der Waals surface area contributed by atoms with Gasteiger partial charge in [0, 0.05) is 23.8 Å². The molecule has 4 heteroatoms. The maximum Gasteiger partial charge on any atom is 0.255 e. The summed E-state index contributed by atoms with van der Waals surface area (Å²) in [5, 5.41) is 0. The maximum absolute atomic E-state index is 12.2. The first kappa shape index (κ1) is 14.0. The molecule has 3 nitrogen and oxygen atoms in total. The SMILES string of the molecule is CN(CC(C)(C)C)C(=O)c1ccc(Br)cc1N. The van der Waals surface area contributed by atoms with Crippen molar-refractivity contribution < 1.29 is 4.79 Å². The standard InChI is InChI=1S/C13H19BrN2O/c1-13(2,3)8-16(4)12(17)10-6-5-9(14)7-11(10)15/h5-7H,8,15H2,1-4H3. The van der Waals surface area contributed by atoms with Gasteiger partial charge >= 0.3 is 0 Å². The molecule has 0 spiro atoms. The Hall–Kier alpha value is -1.03. The second-order valence-corrected chi connectivity index (χ2v) is 6.37. The first-order valence-corrected chi connectivity index (χ1v) is 6.30. The molecule has 1 rings (SSSR count). The van der Waals surface area contributed by atoms with E-state index < -0.39 is 0 Å². The quantitative estimate of drug-likeness (QED) is 0.853. The number of anilines is 1. The maximum atomic E-state index is 12.2. The summed E-state index contributed by atoms with van der Waals surface area (Å²) >= 11 is 3.33. The van der Waals surface area contributed by atoms with Crippen molar-refractivity contribution in [1.82, 2.24) is 4.90 Å². The fraction of sp³-hybridized carbons (Fsp3) is 0.462. The molecular weight excluding hydrogens is 280 g/mol. The van der Waals surface area contributed by atoms with Gasteiger partial charge in [0.15, 0.2) is 0 Å². The normalized spacial score (nSPS) is 11.4. The zero-order chi connectivity index (χ0) is 13.2. The van der Waals surface area contributed by atoms with Crippen LogP contribution in [0.15, 0.2) is 22.7 Å². The van der Waals surface area contributed by atoms with E-state index in [-0.39, 0.29) is 11.3 Å². The summed E-state index contributed by atoms with van der Waals surface area (Å²) in [6.45, 7) is 6.99. The minimum atomic E-state index is -0.0371. The van der Waals surface area contributed by atoms with Gasteiger partial charge in [-0.25, -0.2) is 0 Å². The Morgan fingerprint density at radius 2 is 2.00 bits per heavy atom.